The molecule has 0 N–H and O–H groups in total. The third-order valence-electron chi connectivity index (χ3n) is 2.47. The molecule has 2 atom stereocenters. The van der Waals surface area contributed by atoms with Gasteiger partial charge in [0.05, 0.1) is 0 Å². The van der Waals surface area contributed by atoms with Gasteiger partial charge in [-0.3, -0.25) is 0 Å². The summed E-state index contributed by atoms with van der Waals surface area (Å²) in [4.78, 5) is 0. The van der Waals surface area contributed by atoms with Crippen molar-refractivity contribution in [2.75, 3.05) is 0 Å². The summed E-state index contributed by atoms with van der Waals surface area (Å²) in [5.74, 6) is 6.08. The fraction of sp³-hybridized carbons (Fsp3) is 0.800. The number of hydrogen-bond acceptors (Lipinski definition) is 0. The highest BCUT2D eigenvalue weighted by Crippen LogP contribution is 2.42. The number of alkyl halides is 1. The lowest BCUT2D eigenvalue weighted by molar-refractivity contribution is 0.348. The zero-order valence-electron chi connectivity index (χ0n) is 7.28. The molecule has 1 fully saturated rings. The zero-order chi connectivity index (χ0) is 8.32. The van der Waals surface area contributed by atoms with Gasteiger partial charge in [-0.15, -0.1) is 23.4 Å². The van der Waals surface area contributed by atoms with Gasteiger partial charge in [-0.1, -0.05) is 6.92 Å². The van der Waals surface area contributed by atoms with Crippen molar-refractivity contribution < 1.29 is 0 Å². The summed E-state index contributed by atoms with van der Waals surface area (Å²) in [6, 6.07) is 0. The Bertz CT molecular complexity index is 187. The topological polar surface area (TPSA) is 0 Å². The molecule has 0 saturated heterocycles. The first kappa shape index (κ1) is 8.94. The quantitative estimate of drug-likeness (QED) is 0.419. The van der Waals surface area contributed by atoms with E-state index < -0.39 is 0 Å². The Balaban J connectivity index is 2.46. The zero-order valence-corrected chi connectivity index (χ0v) is 8.04. The van der Waals surface area contributed by atoms with Crippen molar-refractivity contribution in [1.29, 1.82) is 0 Å². The second-order valence-corrected chi connectivity index (χ2v) is 4.37. The highest BCUT2D eigenvalue weighted by Gasteiger charge is 2.33. The molecule has 62 valence electrons. The van der Waals surface area contributed by atoms with Crippen LogP contribution in [-0.4, -0.2) is 5.38 Å². The predicted molar refractivity (Wildman–Crippen MR) is 49.7 cm³/mol. The van der Waals surface area contributed by atoms with Crippen LogP contribution >= 0.6 is 11.6 Å². The molecule has 1 heteroatoms. The second kappa shape index (κ2) is 3.50. The van der Waals surface area contributed by atoms with Gasteiger partial charge < -0.3 is 0 Å². The summed E-state index contributed by atoms with van der Waals surface area (Å²) in [7, 11) is 0. The molecule has 1 rings (SSSR count). The van der Waals surface area contributed by atoms with Gasteiger partial charge in [0.2, 0.25) is 0 Å². The van der Waals surface area contributed by atoms with E-state index in [4.69, 9.17) is 11.6 Å². The van der Waals surface area contributed by atoms with Gasteiger partial charge in [0.25, 0.3) is 0 Å². The lowest BCUT2D eigenvalue weighted by Gasteiger charge is -2.19. The van der Waals surface area contributed by atoms with Crippen LogP contribution in [0.25, 0.3) is 0 Å². The molecular weight excluding hydrogens is 156 g/mol. The summed E-state index contributed by atoms with van der Waals surface area (Å²) in [6.07, 6.45) is 4.58. The SMILES string of the molecule is CC#CCC1(C)CCC(Cl)C1. The Kier molecular flexibility index (Phi) is 2.84. The third kappa shape index (κ3) is 2.42. The standard InChI is InChI=1S/C10H15Cl/c1-3-4-6-10(2)7-5-9(11)8-10/h9H,5-8H2,1-2H3. The molecule has 0 aromatic carbocycles. The van der Waals surface area contributed by atoms with E-state index in [1.54, 1.807) is 0 Å². The van der Waals surface area contributed by atoms with Crippen molar-refractivity contribution in [3.05, 3.63) is 0 Å². The molecule has 0 radical (unpaired) electrons. The Morgan fingerprint density at radius 1 is 1.64 bits per heavy atom. The van der Waals surface area contributed by atoms with Gasteiger partial charge in [-0.2, -0.15) is 0 Å². The first-order valence-corrected chi connectivity index (χ1v) is 4.64. The van der Waals surface area contributed by atoms with E-state index in [0.717, 1.165) is 12.8 Å². The van der Waals surface area contributed by atoms with Crippen molar-refractivity contribution in [1.82, 2.24) is 0 Å². The minimum absolute atomic E-state index is 0.402. The molecule has 0 amide bonds. The molecule has 0 heterocycles. The highest BCUT2D eigenvalue weighted by atomic mass is 35.5. The van der Waals surface area contributed by atoms with Crippen LogP contribution in [0.5, 0.6) is 0 Å². The Hall–Kier alpha value is -0.150. The van der Waals surface area contributed by atoms with Crippen LogP contribution < -0.4 is 0 Å². The molecule has 1 aliphatic rings. The molecule has 1 aliphatic carbocycles. The van der Waals surface area contributed by atoms with Crippen molar-refractivity contribution in [3.8, 4) is 11.8 Å². The predicted octanol–water partition coefficient (Wildman–Crippen LogP) is 3.20. The monoisotopic (exact) mass is 170 g/mol. The number of rotatable bonds is 1. The van der Waals surface area contributed by atoms with Crippen molar-refractivity contribution in [3.63, 3.8) is 0 Å². The third-order valence-corrected chi connectivity index (χ3v) is 2.84. The number of halogens is 1. The van der Waals surface area contributed by atoms with E-state index in [-0.39, 0.29) is 0 Å². The average molecular weight is 171 g/mol. The van der Waals surface area contributed by atoms with Crippen LogP contribution in [0.4, 0.5) is 0 Å². The van der Waals surface area contributed by atoms with Crippen LogP contribution in [0.1, 0.15) is 39.5 Å². The second-order valence-electron chi connectivity index (χ2n) is 3.75. The first-order chi connectivity index (χ1) is 5.16. The summed E-state index contributed by atoms with van der Waals surface area (Å²) < 4.78 is 0. The fourth-order valence-corrected chi connectivity index (χ4v) is 2.19. The summed E-state index contributed by atoms with van der Waals surface area (Å²) >= 11 is 6.03. The van der Waals surface area contributed by atoms with Crippen molar-refractivity contribution >= 4 is 11.6 Å². The minimum atomic E-state index is 0.402. The molecular formula is C10H15Cl. The van der Waals surface area contributed by atoms with E-state index in [2.05, 4.69) is 18.8 Å². The number of hydrogen-bond donors (Lipinski definition) is 0. The average Bonchev–Trinajstić information content (AvgIpc) is 2.28. The highest BCUT2D eigenvalue weighted by molar-refractivity contribution is 6.20. The van der Waals surface area contributed by atoms with Gasteiger partial charge in [0.15, 0.2) is 0 Å². The van der Waals surface area contributed by atoms with E-state index in [1.165, 1.54) is 12.8 Å². The largest absolute Gasteiger partial charge is 0.123 e. The summed E-state index contributed by atoms with van der Waals surface area (Å²) in [6.45, 7) is 4.19. The van der Waals surface area contributed by atoms with E-state index >= 15 is 0 Å². The van der Waals surface area contributed by atoms with Gasteiger partial charge in [-0.25, -0.2) is 0 Å². The normalized spacial score (nSPS) is 36.5. The molecule has 1 saturated carbocycles. The Morgan fingerprint density at radius 2 is 2.36 bits per heavy atom. The molecule has 11 heavy (non-hydrogen) atoms. The lowest BCUT2D eigenvalue weighted by atomic mass is 9.85. The van der Waals surface area contributed by atoms with Crippen molar-refractivity contribution in [2.45, 2.75) is 44.9 Å². The van der Waals surface area contributed by atoms with Crippen molar-refractivity contribution in [2.24, 2.45) is 5.41 Å². The maximum atomic E-state index is 6.03. The first-order valence-electron chi connectivity index (χ1n) is 4.20. The molecule has 0 spiro atoms. The summed E-state index contributed by atoms with van der Waals surface area (Å²) in [5.41, 5.74) is 0.412. The van der Waals surface area contributed by atoms with E-state index in [1.807, 2.05) is 6.92 Å². The maximum absolute atomic E-state index is 6.03. The van der Waals surface area contributed by atoms with Crippen LogP contribution in [0.15, 0.2) is 0 Å². The molecule has 2 unspecified atom stereocenters. The fourth-order valence-electron chi connectivity index (χ4n) is 1.71. The summed E-state index contributed by atoms with van der Waals surface area (Å²) in [5, 5.41) is 0.402. The van der Waals surface area contributed by atoms with Crippen LogP contribution in [0, 0.1) is 17.3 Å². The Labute approximate surface area is 74.3 Å². The van der Waals surface area contributed by atoms with Gasteiger partial charge >= 0.3 is 0 Å². The van der Waals surface area contributed by atoms with Gasteiger partial charge in [0, 0.05) is 11.8 Å². The molecule has 0 nitrogen and oxygen atoms in total. The van der Waals surface area contributed by atoms with Crippen LogP contribution in [0.2, 0.25) is 0 Å². The molecule has 0 bridgehead atoms. The van der Waals surface area contributed by atoms with Gasteiger partial charge in [0.1, 0.15) is 0 Å². The minimum Gasteiger partial charge on any atom is -0.123 e. The molecule has 0 aromatic rings. The van der Waals surface area contributed by atoms with Crippen LogP contribution in [-0.2, 0) is 0 Å². The van der Waals surface area contributed by atoms with E-state index in [9.17, 15) is 0 Å². The Morgan fingerprint density at radius 3 is 2.82 bits per heavy atom. The smallest absolute Gasteiger partial charge is 0.0341 e. The molecule has 0 aromatic heterocycles. The lowest BCUT2D eigenvalue weighted by Crippen LogP contribution is -2.10. The van der Waals surface area contributed by atoms with Crippen LogP contribution in [0.3, 0.4) is 0 Å². The van der Waals surface area contributed by atoms with Gasteiger partial charge in [-0.05, 0) is 31.6 Å². The van der Waals surface area contributed by atoms with E-state index in [0.29, 0.717) is 10.8 Å². The maximum Gasteiger partial charge on any atom is 0.0341 e. The molecule has 0 aliphatic heterocycles.